The summed E-state index contributed by atoms with van der Waals surface area (Å²) in [4.78, 5) is 21.9. The van der Waals surface area contributed by atoms with Crippen LogP contribution in [0.3, 0.4) is 0 Å². The maximum Gasteiger partial charge on any atom is 0.334 e. The van der Waals surface area contributed by atoms with Crippen molar-refractivity contribution in [3.63, 3.8) is 0 Å². The molecule has 86 valence electrons. The van der Waals surface area contributed by atoms with Gasteiger partial charge in [-0.15, -0.1) is 0 Å². The van der Waals surface area contributed by atoms with Gasteiger partial charge in [0.05, 0.1) is 0 Å². The van der Waals surface area contributed by atoms with E-state index in [9.17, 15) is 9.59 Å². The van der Waals surface area contributed by atoms with Gasteiger partial charge in [0.25, 0.3) is 0 Å². The first kappa shape index (κ1) is 13.6. The second-order valence-electron chi connectivity index (χ2n) is 3.90. The first-order valence-electron chi connectivity index (χ1n) is 4.54. The van der Waals surface area contributed by atoms with Gasteiger partial charge in [-0.05, 0) is 27.7 Å². The van der Waals surface area contributed by atoms with E-state index < -0.39 is 23.7 Å². The zero-order valence-corrected chi connectivity index (χ0v) is 9.46. The van der Waals surface area contributed by atoms with Crippen molar-refractivity contribution in [3.8, 4) is 0 Å². The van der Waals surface area contributed by atoms with E-state index in [4.69, 9.17) is 9.84 Å². The number of carbonyl (C=O) groups is 2. The van der Waals surface area contributed by atoms with Gasteiger partial charge in [-0.2, -0.15) is 0 Å². The summed E-state index contributed by atoms with van der Waals surface area (Å²) in [6, 6.07) is 0. The van der Waals surface area contributed by atoms with E-state index in [-0.39, 0.29) is 5.57 Å². The molecule has 0 saturated carbocycles. The van der Waals surface area contributed by atoms with Crippen molar-refractivity contribution in [3.05, 3.63) is 12.2 Å². The molecule has 5 heteroatoms. The Labute approximate surface area is 89.1 Å². The van der Waals surface area contributed by atoms with Gasteiger partial charge in [-0.3, -0.25) is 10.1 Å². The Bertz CT molecular complexity index is 283. The van der Waals surface area contributed by atoms with Crippen LogP contribution in [-0.4, -0.2) is 28.8 Å². The van der Waals surface area contributed by atoms with Crippen LogP contribution in [0.4, 0.5) is 0 Å². The van der Waals surface area contributed by atoms with Gasteiger partial charge >= 0.3 is 11.9 Å². The van der Waals surface area contributed by atoms with Crippen molar-refractivity contribution >= 4 is 11.9 Å². The van der Waals surface area contributed by atoms with Crippen LogP contribution >= 0.6 is 0 Å². The van der Waals surface area contributed by atoms with E-state index in [0.29, 0.717) is 0 Å². The summed E-state index contributed by atoms with van der Waals surface area (Å²) in [6.45, 7) is 9.48. The molecule has 5 nitrogen and oxygen atoms in total. The second kappa shape index (κ2) is 4.93. The molecule has 0 fully saturated rings. The van der Waals surface area contributed by atoms with Crippen LogP contribution in [0.5, 0.6) is 0 Å². The molecule has 0 aliphatic rings. The number of carboxylic acid groups (broad SMARTS) is 1. The third-order valence-electron chi connectivity index (χ3n) is 1.73. The number of rotatable bonds is 5. The molecule has 0 aliphatic carbocycles. The van der Waals surface area contributed by atoms with Gasteiger partial charge in [0.15, 0.2) is 6.23 Å². The van der Waals surface area contributed by atoms with Gasteiger partial charge in [0, 0.05) is 5.57 Å². The van der Waals surface area contributed by atoms with Crippen LogP contribution < -0.4 is 5.32 Å². The number of ether oxygens (including phenoxy) is 1. The highest BCUT2D eigenvalue weighted by Crippen LogP contribution is 2.05. The lowest BCUT2D eigenvalue weighted by molar-refractivity contribution is -0.152. The largest absolute Gasteiger partial charge is 0.480 e. The van der Waals surface area contributed by atoms with E-state index in [1.54, 1.807) is 6.92 Å². The standard InChI is InChI=1S/C10H17NO4/c1-6(2)8(12)15-7(3)11-10(4,5)9(13)14/h7,11H,1H2,2-5H3,(H,13,14). The Morgan fingerprint density at radius 1 is 1.47 bits per heavy atom. The quantitative estimate of drug-likeness (QED) is 0.405. The summed E-state index contributed by atoms with van der Waals surface area (Å²) in [5, 5.41) is 11.5. The molecule has 0 heterocycles. The van der Waals surface area contributed by atoms with Crippen molar-refractivity contribution in [1.29, 1.82) is 0 Å². The Morgan fingerprint density at radius 3 is 2.27 bits per heavy atom. The summed E-state index contributed by atoms with van der Waals surface area (Å²) in [5.74, 6) is -1.56. The maximum absolute atomic E-state index is 11.1. The lowest BCUT2D eigenvalue weighted by Crippen LogP contribution is -2.51. The normalized spacial score (nSPS) is 13.1. The summed E-state index contributed by atoms with van der Waals surface area (Å²) in [7, 11) is 0. The van der Waals surface area contributed by atoms with E-state index in [1.165, 1.54) is 20.8 Å². The number of carbonyl (C=O) groups excluding carboxylic acids is 1. The van der Waals surface area contributed by atoms with Crippen LogP contribution in [0.1, 0.15) is 27.7 Å². The first-order valence-corrected chi connectivity index (χ1v) is 4.54. The summed E-state index contributed by atoms with van der Waals surface area (Å²) in [6.07, 6.45) is -0.680. The maximum atomic E-state index is 11.1. The number of aliphatic carboxylic acids is 1. The van der Waals surface area contributed by atoms with Crippen molar-refractivity contribution in [2.75, 3.05) is 0 Å². The molecule has 1 unspecified atom stereocenters. The summed E-state index contributed by atoms with van der Waals surface area (Å²) in [5.41, 5.74) is -0.869. The van der Waals surface area contributed by atoms with Crippen molar-refractivity contribution < 1.29 is 19.4 Å². The minimum Gasteiger partial charge on any atom is -0.480 e. The highest BCUT2D eigenvalue weighted by atomic mass is 16.6. The van der Waals surface area contributed by atoms with Gasteiger partial charge in [-0.1, -0.05) is 6.58 Å². The number of nitrogens with one attached hydrogen (secondary N) is 1. The molecule has 15 heavy (non-hydrogen) atoms. The lowest BCUT2D eigenvalue weighted by atomic mass is 10.1. The summed E-state index contributed by atoms with van der Waals surface area (Å²) >= 11 is 0. The topological polar surface area (TPSA) is 75.6 Å². The molecule has 0 rings (SSSR count). The second-order valence-corrected chi connectivity index (χ2v) is 3.90. The van der Waals surface area contributed by atoms with Crippen LogP contribution in [0.2, 0.25) is 0 Å². The fourth-order valence-corrected chi connectivity index (χ4v) is 0.861. The molecular weight excluding hydrogens is 198 g/mol. The van der Waals surface area contributed by atoms with Crippen LogP contribution in [0.25, 0.3) is 0 Å². The molecule has 0 aromatic rings. The van der Waals surface area contributed by atoms with Crippen LogP contribution in [-0.2, 0) is 14.3 Å². The monoisotopic (exact) mass is 215 g/mol. The molecule has 0 aromatic carbocycles. The highest BCUT2D eigenvalue weighted by Gasteiger charge is 2.29. The molecule has 0 radical (unpaired) electrons. The van der Waals surface area contributed by atoms with Crippen LogP contribution in [0.15, 0.2) is 12.2 Å². The van der Waals surface area contributed by atoms with E-state index >= 15 is 0 Å². The van der Waals surface area contributed by atoms with Crippen molar-refractivity contribution in [1.82, 2.24) is 5.32 Å². The number of esters is 1. The van der Waals surface area contributed by atoms with Gasteiger partial charge in [0.1, 0.15) is 5.54 Å². The Morgan fingerprint density at radius 2 is 1.93 bits per heavy atom. The fraction of sp³-hybridized carbons (Fsp3) is 0.600. The number of hydrogen-bond acceptors (Lipinski definition) is 4. The minimum atomic E-state index is -1.14. The zero-order valence-electron chi connectivity index (χ0n) is 9.46. The smallest absolute Gasteiger partial charge is 0.334 e. The average molecular weight is 215 g/mol. The average Bonchev–Trinajstić information content (AvgIpc) is 2.01. The third-order valence-corrected chi connectivity index (χ3v) is 1.73. The first-order chi connectivity index (χ1) is 6.66. The molecule has 0 amide bonds. The molecule has 0 saturated heterocycles. The molecule has 0 bridgehead atoms. The van der Waals surface area contributed by atoms with Gasteiger partial charge in [0.2, 0.25) is 0 Å². The lowest BCUT2D eigenvalue weighted by Gasteiger charge is -2.25. The molecular formula is C10H17NO4. The Balaban J connectivity index is 4.26. The highest BCUT2D eigenvalue weighted by molar-refractivity contribution is 5.87. The third kappa shape index (κ3) is 4.60. The molecule has 0 aromatic heterocycles. The predicted octanol–water partition coefficient (Wildman–Crippen LogP) is 0.904. The van der Waals surface area contributed by atoms with Crippen molar-refractivity contribution in [2.24, 2.45) is 0 Å². The zero-order chi connectivity index (χ0) is 12.2. The Kier molecular flexibility index (Phi) is 4.48. The summed E-state index contributed by atoms with van der Waals surface area (Å²) < 4.78 is 4.88. The minimum absolute atomic E-state index is 0.275. The SMILES string of the molecule is C=C(C)C(=O)OC(C)NC(C)(C)C(=O)O. The molecule has 1 atom stereocenters. The molecule has 2 N–H and O–H groups in total. The van der Waals surface area contributed by atoms with Crippen LogP contribution in [0, 0.1) is 0 Å². The Hall–Kier alpha value is -1.36. The predicted molar refractivity (Wildman–Crippen MR) is 55.2 cm³/mol. The molecule has 0 spiro atoms. The number of hydrogen-bond donors (Lipinski definition) is 2. The fourth-order valence-electron chi connectivity index (χ4n) is 0.861. The van der Waals surface area contributed by atoms with Gasteiger partial charge < -0.3 is 9.84 Å². The van der Waals surface area contributed by atoms with Crippen molar-refractivity contribution in [2.45, 2.75) is 39.5 Å². The molecule has 0 aliphatic heterocycles. The van der Waals surface area contributed by atoms with E-state index in [2.05, 4.69) is 11.9 Å². The van der Waals surface area contributed by atoms with E-state index in [1.807, 2.05) is 0 Å². The van der Waals surface area contributed by atoms with Gasteiger partial charge in [-0.25, -0.2) is 4.79 Å². The number of carboxylic acids is 1. The van der Waals surface area contributed by atoms with E-state index in [0.717, 1.165) is 0 Å².